The van der Waals surface area contributed by atoms with Crippen molar-refractivity contribution in [2.75, 3.05) is 0 Å². The summed E-state index contributed by atoms with van der Waals surface area (Å²) in [5.74, 6) is 0.519. The van der Waals surface area contributed by atoms with E-state index in [0.717, 1.165) is 5.56 Å². The Hall–Kier alpha value is -1.87. The van der Waals surface area contributed by atoms with E-state index in [-0.39, 0.29) is 5.56 Å². The third-order valence-corrected chi connectivity index (χ3v) is 3.14. The summed E-state index contributed by atoms with van der Waals surface area (Å²) in [6, 6.07) is 10.2. The first-order valence-corrected chi connectivity index (χ1v) is 6.20. The molecule has 0 amide bonds. The molecule has 2 aromatic carbocycles. The Morgan fingerprint density at radius 2 is 1.84 bits per heavy atom. The fourth-order valence-electron chi connectivity index (χ4n) is 1.92. The van der Waals surface area contributed by atoms with Gasteiger partial charge in [0.1, 0.15) is 17.3 Å². The van der Waals surface area contributed by atoms with Gasteiger partial charge >= 0.3 is 0 Å². The summed E-state index contributed by atoms with van der Waals surface area (Å²) in [6.45, 7) is 5.53. The predicted molar refractivity (Wildman–Crippen MR) is 73.0 cm³/mol. The van der Waals surface area contributed by atoms with Crippen LogP contribution in [0.3, 0.4) is 0 Å². The van der Waals surface area contributed by atoms with Crippen LogP contribution in [0.25, 0.3) is 0 Å². The molecule has 3 heteroatoms. The molecule has 1 atom stereocenters. The summed E-state index contributed by atoms with van der Waals surface area (Å²) >= 11 is 0. The highest BCUT2D eigenvalue weighted by Crippen LogP contribution is 2.32. The number of aliphatic hydroxyl groups is 1. The van der Waals surface area contributed by atoms with Gasteiger partial charge in [0, 0.05) is 0 Å². The molecule has 1 N–H and O–H groups in total. The Bertz CT molecular complexity index is 591. The lowest BCUT2D eigenvalue weighted by Gasteiger charge is -2.14. The highest BCUT2D eigenvalue weighted by Gasteiger charge is 2.15. The van der Waals surface area contributed by atoms with Crippen LogP contribution in [0.5, 0.6) is 11.5 Å². The predicted octanol–water partition coefficient (Wildman–Crippen LogP) is 4.29. The van der Waals surface area contributed by atoms with Crippen LogP contribution in [0.15, 0.2) is 36.4 Å². The second kappa shape index (κ2) is 5.41. The number of hydrogen-bond donors (Lipinski definition) is 1. The van der Waals surface area contributed by atoms with Crippen molar-refractivity contribution in [3.05, 3.63) is 58.9 Å². The summed E-state index contributed by atoms with van der Waals surface area (Å²) in [5, 5.41) is 9.64. The molecule has 0 aliphatic heterocycles. The minimum atomic E-state index is -0.914. The number of ether oxygens (including phenoxy) is 1. The van der Waals surface area contributed by atoms with E-state index in [2.05, 4.69) is 0 Å². The van der Waals surface area contributed by atoms with Crippen molar-refractivity contribution in [1.82, 2.24) is 0 Å². The largest absolute Gasteiger partial charge is 0.457 e. The van der Waals surface area contributed by atoms with Crippen molar-refractivity contribution in [2.24, 2.45) is 0 Å². The van der Waals surface area contributed by atoms with Gasteiger partial charge in [-0.15, -0.1) is 0 Å². The fraction of sp³-hybridized carbons (Fsp3) is 0.250. The van der Waals surface area contributed by atoms with E-state index in [1.165, 1.54) is 18.6 Å². The van der Waals surface area contributed by atoms with E-state index in [9.17, 15) is 9.50 Å². The van der Waals surface area contributed by atoms with Crippen LogP contribution in [0.4, 0.5) is 4.39 Å². The molecule has 0 aliphatic carbocycles. The van der Waals surface area contributed by atoms with Gasteiger partial charge in [-0.1, -0.05) is 12.1 Å². The minimum absolute atomic E-state index is 0.181. The highest BCUT2D eigenvalue weighted by molar-refractivity contribution is 5.42. The quantitative estimate of drug-likeness (QED) is 0.892. The van der Waals surface area contributed by atoms with Crippen LogP contribution in [-0.4, -0.2) is 5.11 Å². The zero-order valence-corrected chi connectivity index (χ0v) is 11.3. The van der Waals surface area contributed by atoms with E-state index in [0.29, 0.717) is 11.5 Å². The number of benzene rings is 2. The summed E-state index contributed by atoms with van der Waals surface area (Å²) in [7, 11) is 0. The van der Waals surface area contributed by atoms with Gasteiger partial charge in [-0.2, -0.15) is 0 Å². The second-order valence-corrected chi connectivity index (χ2v) is 4.68. The molecular weight excluding hydrogens is 243 g/mol. The molecule has 0 fully saturated rings. The van der Waals surface area contributed by atoms with Gasteiger partial charge in [0.05, 0.1) is 11.7 Å². The van der Waals surface area contributed by atoms with Crippen LogP contribution in [0.1, 0.15) is 29.7 Å². The molecule has 0 unspecified atom stereocenters. The Kier molecular flexibility index (Phi) is 3.86. The summed E-state index contributed by atoms with van der Waals surface area (Å²) in [4.78, 5) is 0. The van der Waals surface area contributed by atoms with Crippen molar-refractivity contribution in [3.63, 3.8) is 0 Å². The molecule has 0 aliphatic rings. The van der Waals surface area contributed by atoms with E-state index in [1.54, 1.807) is 12.1 Å². The Balaban J connectivity index is 2.38. The lowest BCUT2D eigenvalue weighted by molar-refractivity contribution is 0.190. The van der Waals surface area contributed by atoms with Crippen LogP contribution in [0.2, 0.25) is 0 Å². The van der Waals surface area contributed by atoms with Gasteiger partial charge < -0.3 is 9.84 Å². The van der Waals surface area contributed by atoms with Crippen LogP contribution >= 0.6 is 0 Å². The first-order valence-electron chi connectivity index (χ1n) is 6.20. The maximum Gasteiger partial charge on any atom is 0.136 e. The smallest absolute Gasteiger partial charge is 0.136 e. The topological polar surface area (TPSA) is 29.5 Å². The van der Waals surface area contributed by atoms with Crippen LogP contribution in [0, 0.1) is 19.7 Å². The molecule has 0 radical (unpaired) electrons. The molecule has 2 rings (SSSR count). The number of hydrogen-bond acceptors (Lipinski definition) is 2. The zero-order valence-electron chi connectivity index (χ0n) is 11.3. The molecule has 100 valence electrons. The highest BCUT2D eigenvalue weighted by atomic mass is 19.1. The third kappa shape index (κ3) is 2.93. The molecule has 0 heterocycles. The lowest BCUT2D eigenvalue weighted by atomic mass is 10.1. The Morgan fingerprint density at radius 3 is 2.47 bits per heavy atom. The standard InChI is InChI=1S/C16H17FO2/c1-10-7-8-13(9-11(10)2)19-15-6-4-5-14(17)16(15)12(3)18/h4-9,12,18H,1-3H3/t12-/m0/s1. The van der Waals surface area contributed by atoms with Crippen molar-refractivity contribution in [2.45, 2.75) is 26.9 Å². The summed E-state index contributed by atoms with van der Waals surface area (Å²) in [5.41, 5.74) is 2.45. The number of aliphatic hydroxyl groups excluding tert-OH is 1. The van der Waals surface area contributed by atoms with Crippen molar-refractivity contribution in [1.29, 1.82) is 0 Å². The minimum Gasteiger partial charge on any atom is -0.457 e. The molecule has 2 aromatic rings. The molecular formula is C16H17FO2. The molecule has 19 heavy (non-hydrogen) atoms. The average molecular weight is 260 g/mol. The van der Waals surface area contributed by atoms with E-state index in [4.69, 9.17) is 4.74 Å². The first-order chi connectivity index (χ1) is 8.99. The van der Waals surface area contributed by atoms with Crippen LogP contribution in [-0.2, 0) is 0 Å². The van der Waals surface area contributed by atoms with Crippen molar-refractivity contribution >= 4 is 0 Å². The van der Waals surface area contributed by atoms with E-state index >= 15 is 0 Å². The van der Waals surface area contributed by atoms with Crippen molar-refractivity contribution in [3.8, 4) is 11.5 Å². The van der Waals surface area contributed by atoms with Gasteiger partial charge in [0.2, 0.25) is 0 Å². The SMILES string of the molecule is Cc1ccc(Oc2cccc(F)c2[C@H](C)O)cc1C. The van der Waals surface area contributed by atoms with E-state index in [1.807, 2.05) is 32.0 Å². The molecule has 0 bridgehead atoms. The molecule has 0 saturated carbocycles. The normalized spacial score (nSPS) is 12.3. The maximum absolute atomic E-state index is 13.7. The Morgan fingerprint density at radius 1 is 1.11 bits per heavy atom. The number of aryl methyl sites for hydroxylation is 2. The monoisotopic (exact) mass is 260 g/mol. The fourth-order valence-corrected chi connectivity index (χ4v) is 1.92. The maximum atomic E-state index is 13.7. The first kappa shape index (κ1) is 13.6. The summed E-state index contributed by atoms with van der Waals surface area (Å²) in [6.07, 6.45) is -0.914. The lowest BCUT2D eigenvalue weighted by Crippen LogP contribution is -2.00. The van der Waals surface area contributed by atoms with Gasteiger partial charge in [0.25, 0.3) is 0 Å². The van der Waals surface area contributed by atoms with Gasteiger partial charge in [-0.3, -0.25) is 0 Å². The van der Waals surface area contributed by atoms with E-state index < -0.39 is 11.9 Å². The molecule has 0 saturated heterocycles. The second-order valence-electron chi connectivity index (χ2n) is 4.68. The zero-order chi connectivity index (χ0) is 14.0. The van der Waals surface area contributed by atoms with Crippen molar-refractivity contribution < 1.29 is 14.2 Å². The van der Waals surface area contributed by atoms with Gasteiger partial charge in [0.15, 0.2) is 0 Å². The molecule has 0 spiro atoms. The van der Waals surface area contributed by atoms with Gasteiger partial charge in [-0.05, 0) is 56.2 Å². The van der Waals surface area contributed by atoms with Gasteiger partial charge in [-0.25, -0.2) is 4.39 Å². The average Bonchev–Trinajstić information content (AvgIpc) is 2.33. The molecule has 2 nitrogen and oxygen atoms in total. The Labute approximate surface area is 112 Å². The molecule has 0 aromatic heterocycles. The van der Waals surface area contributed by atoms with Crippen LogP contribution < -0.4 is 4.74 Å². The third-order valence-electron chi connectivity index (χ3n) is 3.14. The summed E-state index contributed by atoms with van der Waals surface area (Å²) < 4.78 is 19.4. The number of rotatable bonds is 3. The number of halogens is 1.